The summed E-state index contributed by atoms with van der Waals surface area (Å²) in [5.41, 5.74) is 7.98. The third-order valence-electron chi connectivity index (χ3n) is 2.47. The molecule has 0 aliphatic heterocycles. The van der Waals surface area contributed by atoms with Crippen LogP contribution in [0.25, 0.3) is 0 Å². The van der Waals surface area contributed by atoms with E-state index in [1.165, 1.54) is 11.1 Å². The molecule has 0 spiro atoms. The summed E-state index contributed by atoms with van der Waals surface area (Å²) in [6, 6.07) is 6.13. The summed E-state index contributed by atoms with van der Waals surface area (Å²) in [5.74, 6) is 0. The van der Waals surface area contributed by atoms with Crippen LogP contribution in [0.4, 0.5) is 0 Å². The normalized spacial score (nSPS) is 15.2. The van der Waals surface area contributed by atoms with Crippen molar-refractivity contribution in [3.05, 3.63) is 34.9 Å². The minimum atomic E-state index is -0.800. The highest BCUT2D eigenvalue weighted by Gasteiger charge is 2.22. The number of nitrogens with two attached hydrogens (primary N) is 1. The molecule has 3 N–H and O–H groups in total. The Morgan fingerprint density at radius 1 is 1.21 bits per heavy atom. The van der Waals surface area contributed by atoms with E-state index in [0.29, 0.717) is 13.0 Å². The van der Waals surface area contributed by atoms with Gasteiger partial charge in [0, 0.05) is 0 Å². The highest BCUT2D eigenvalue weighted by molar-refractivity contribution is 5.32. The first kappa shape index (κ1) is 11.2. The van der Waals surface area contributed by atoms with Crippen molar-refractivity contribution in [2.75, 3.05) is 6.54 Å². The van der Waals surface area contributed by atoms with E-state index in [1.54, 1.807) is 0 Å². The number of benzene rings is 1. The Hall–Kier alpha value is -0.860. The van der Waals surface area contributed by atoms with Crippen molar-refractivity contribution < 1.29 is 5.11 Å². The smallest absolute Gasteiger partial charge is 0.0880 e. The van der Waals surface area contributed by atoms with Gasteiger partial charge in [-0.25, -0.2) is 0 Å². The second kappa shape index (κ2) is 4.11. The zero-order chi connectivity index (χ0) is 10.8. The second-order valence-electron chi connectivity index (χ2n) is 4.19. The molecule has 2 nitrogen and oxygen atoms in total. The molecule has 0 radical (unpaired) electrons. The Morgan fingerprint density at radius 3 is 2.14 bits per heavy atom. The van der Waals surface area contributed by atoms with Gasteiger partial charge in [-0.3, -0.25) is 0 Å². The van der Waals surface area contributed by atoms with Gasteiger partial charge in [0.1, 0.15) is 0 Å². The number of aliphatic hydroxyl groups is 1. The molecule has 0 saturated heterocycles. The highest BCUT2D eigenvalue weighted by atomic mass is 16.3. The molecule has 1 unspecified atom stereocenters. The lowest BCUT2D eigenvalue weighted by Gasteiger charge is -2.24. The van der Waals surface area contributed by atoms with Gasteiger partial charge >= 0.3 is 0 Å². The van der Waals surface area contributed by atoms with Gasteiger partial charge in [0.25, 0.3) is 0 Å². The van der Waals surface area contributed by atoms with Crippen LogP contribution < -0.4 is 5.73 Å². The number of hydrogen-bond donors (Lipinski definition) is 2. The van der Waals surface area contributed by atoms with Crippen molar-refractivity contribution in [2.45, 2.75) is 32.8 Å². The molecule has 0 amide bonds. The molecule has 78 valence electrons. The van der Waals surface area contributed by atoms with Crippen LogP contribution in [-0.4, -0.2) is 11.7 Å². The quantitative estimate of drug-likeness (QED) is 0.769. The van der Waals surface area contributed by atoms with E-state index in [-0.39, 0.29) is 0 Å². The molecule has 0 aliphatic carbocycles. The van der Waals surface area contributed by atoms with Crippen molar-refractivity contribution in [3.8, 4) is 0 Å². The Morgan fingerprint density at radius 2 is 1.71 bits per heavy atom. The molecular formula is C12H19NO. The van der Waals surface area contributed by atoms with Gasteiger partial charge in [-0.05, 0) is 39.3 Å². The third kappa shape index (κ3) is 2.56. The fourth-order valence-electron chi connectivity index (χ4n) is 1.71. The van der Waals surface area contributed by atoms with E-state index in [0.717, 1.165) is 5.56 Å². The highest BCUT2D eigenvalue weighted by Crippen LogP contribution is 2.25. The molecule has 0 saturated carbocycles. The van der Waals surface area contributed by atoms with Gasteiger partial charge < -0.3 is 10.8 Å². The topological polar surface area (TPSA) is 46.2 Å². The maximum absolute atomic E-state index is 10.2. The summed E-state index contributed by atoms with van der Waals surface area (Å²) in [6.45, 7) is 6.39. The summed E-state index contributed by atoms with van der Waals surface area (Å²) in [4.78, 5) is 0. The minimum Gasteiger partial charge on any atom is -0.385 e. The maximum Gasteiger partial charge on any atom is 0.0880 e. The van der Waals surface area contributed by atoms with Crippen LogP contribution in [0.1, 0.15) is 30.0 Å². The molecular weight excluding hydrogens is 174 g/mol. The van der Waals surface area contributed by atoms with Gasteiger partial charge in [-0.2, -0.15) is 0 Å². The number of rotatable bonds is 3. The molecule has 14 heavy (non-hydrogen) atoms. The molecule has 0 aliphatic rings. The van der Waals surface area contributed by atoms with Crippen molar-refractivity contribution in [3.63, 3.8) is 0 Å². The molecule has 1 aromatic rings. The summed E-state index contributed by atoms with van der Waals surface area (Å²) in [7, 11) is 0. The molecule has 0 heterocycles. The van der Waals surface area contributed by atoms with Crippen LogP contribution >= 0.6 is 0 Å². The average Bonchev–Trinajstić information content (AvgIpc) is 2.02. The first-order chi connectivity index (χ1) is 6.45. The zero-order valence-corrected chi connectivity index (χ0v) is 9.17. The second-order valence-corrected chi connectivity index (χ2v) is 4.19. The fraction of sp³-hybridized carbons (Fsp3) is 0.500. The molecule has 1 atom stereocenters. The van der Waals surface area contributed by atoms with Crippen LogP contribution in [0.5, 0.6) is 0 Å². The van der Waals surface area contributed by atoms with Crippen LogP contribution in [0, 0.1) is 13.8 Å². The average molecular weight is 193 g/mol. The molecule has 0 bridgehead atoms. The van der Waals surface area contributed by atoms with E-state index >= 15 is 0 Å². The Bertz CT molecular complexity index is 298. The summed E-state index contributed by atoms with van der Waals surface area (Å²) >= 11 is 0. The fourth-order valence-corrected chi connectivity index (χ4v) is 1.71. The van der Waals surface area contributed by atoms with Gasteiger partial charge in [-0.15, -0.1) is 0 Å². The Balaban J connectivity index is 3.05. The summed E-state index contributed by atoms with van der Waals surface area (Å²) in [6.07, 6.45) is 0.593. The predicted molar refractivity (Wildman–Crippen MR) is 59.2 cm³/mol. The maximum atomic E-state index is 10.2. The SMILES string of the molecule is Cc1cc(C)cc(C(C)(O)CCN)c1. The van der Waals surface area contributed by atoms with E-state index < -0.39 is 5.60 Å². The van der Waals surface area contributed by atoms with Crippen molar-refractivity contribution >= 4 is 0 Å². The monoisotopic (exact) mass is 193 g/mol. The minimum absolute atomic E-state index is 0.500. The molecule has 0 fully saturated rings. The van der Waals surface area contributed by atoms with Gasteiger partial charge in [0.05, 0.1) is 5.60 Å². The zero-order valence-electron chi connectivity index (χ0n) is 9.17. The van der Waals surface area contributed by atoms with Crippen LogP contribution in [0.2, 0.25) is 0 Å². The van der Waals surface area contributed by atoms with Gasteiger partial charge in [0.2, 0.25) is 0 Å². The van der Waals surface area contributed by atoms with Crippen LogP contribution in [0.3, 0.4) is 0 Å². The molecule has 2 heteroatoms. The van der Waals surface area contributed by atoms with Crippen molar-refractivity contribution in [1.82, 2.24) is 0 Å². The molecule has 1 aromatic carbocycles. The first-order valence-corrected chi connectivity index (χ1v) is 4.97. The van der Waals surface area contributed by atoms with Crippen LogP contribution in [0.15, 0.2) is 18.2 Å². The standard InChI is InChI=1S/C12H19NO/c1-9-6-10(2)8-11(7-9)12(3,14)4-5-13/h6-8,14H,4-5,13H2,1-3H3. The predicted octanol–water partition coefficient (Wildman–Crippen LogP) is 1.86. The third-order valence-corrected chi connectivity index (χ3v) is 2.47. The van der Waals surface area contributed by atoms with E-state index in [2.05, 4.69) is 6.07 Å². The van der Waals surface area contributed by atoms with Crippen molar-refractivity contribution in [1.29, 1.82) is 0 Å². The van der Waals surface area contributed by atoms with Gasteiger partial charge in [-0.1, -0.05) is 29.3 Å². The number of aryl methyl sites for hydroxylation is 2. The first-order valence-electron chi connectivity index (χ1n) is 4.97. The summed E-state index contributed by atoms with van der Waals surface area (Å²) in [5, 5.41) is 10.2. The Kier molecular flexibility index (Phi) is 3.29. The van der Waals surface area contributed by atoms with E-state index in [4.69, 9.17) is 5.73 Å². The lowest BCUT2D eigenvalue weighted by molar-refractivity contribution is 0.0503. The lowest BCUT2D eigenvalue weighted by Crippen LogP contribution is -2.25. The van der Waals surface area contributed by atoms with Crippen LogP contribution in [-0.2, 0) is 5.60 Å². The number of hydrogen-bond acceptors (Lipinski definition) is 2. The molecule has 0 aromatic heterocycles. The summed E-state index contributed by atoms with van der Waals surface area (Å²) < 4.78 is 0. The Labute approximate surface area is 85.8 Å². The van der Waals surface area contributed by atoms with Crippen molar-refractivity contribution in [2.24, 2.45) is 5.73 Å². The lowest BCUT2D eigenvalue weighted by atomic mass is 9.90. The largest absolute Gasteiger partial charge is 0.385 e. The molecule has 1 rings (SSSR count). The van der Waals surface area contributed by atoms with E-state index in [9.17, 15) is 5.11 Å². The van der Waals surface area contributed by atoms with E-state index in [1.807, 2.05) is 32.9 Å². The van der Waals surface area contributed by atoms with Gasteiger partial charge in [0.15, 0.2) is 0 Å².